The van der Waals surface area contributed by atoms with E-state index in [1.54, 1.807) is 18.2 Å². The lowest BCUT2D eigenvalue weighted by molar-refractivity contribution is 0.0934. The van der Waals surface area contributed by atoms with Gasteiger partial charge in [0.15, 0.2) is 5.56 Å². The fourth-order valence-corrected chi connectivity index (χ4v) is 1.67. The monoisotopic (exact) mass is 261 g/mol. The van der Waals surface area contributed by atoms with Gasteiger partial charge in [-0.2, -0.15) is 4.98 Å². The molecule has 0 saturated heterocycles. The number of aromatic nitrogens is 2. The van der Waals surface area contributed by atoms with Crippen LogP contribution in [0.3, 0.4) is 0 Å². The Labute approximate surface area is 109 Å². The highest BCUT2D eigenvalue weighted by Gasteiger charge is 2.20. The van der Waals surface area contributed by atoms with Crippen molar-refractivity contribution in [1.29, 1.82) is 0 Å². The summed E-state index contributed by atoms with van der Waals surface area (Å²) in [6.45, 7) is 3.73. The van der Waals surface area contributed by atoms with E-state index in [0.717, 1.165) is 6.42 Å². The van der Waals surface area contributed by atoms with E-state index in [4.69, 9.17) is 0 Å². The number of hydrogen-bond donors (Lipinski definition) is 2. The highest BCUT2D eigenvalue weighted by atomic mass is 16.3. The molecule has 0 aliphatic heterocycles. The molecule has 1 atom stereocenters. The summed E-state index contributed by atoms with van der Waals surface area (Å²) in [7, 11) is 0. The van der Waals surface area contributed by atoms with Crippen LogP contribution in [0.4, 0.5) is 0 Å². The quantitative estimate of drug-likeness (QED) is 0.860. The first-order chi connectivity index (χ1) is 9.04. The molecule has 0 saturated carbocycles. The maximum atomic E-state index is 12.2. The molecular weight excluding hydrogens is 246 g/mol. The Morgan fingerprint density at radius 3 is 2.95 bits per heavy atom. The number of hydrogen-bond acceptors (Lipinski definition) is 4. The van der Waals surface area contributed by atoms with Gasteiger partial charge in [0.1, 0.15) is 5.65 Å². The molecule has 2 aromatic heterocycles. The van der Waals surface area contributed by atoms with Crippen LogP contribution in [0.2, 0.25) is 0 Å². The third-order valence-electron chi connectivity index (χ3n) is 2.93. The molecule has 2 heterocycles. The van der Waals surface area contributed by atoms with Crippen molar-refractivity contribution in [3.05, 3.63) is 40.3 Å². The molecule has 1 amide bonds. The van der Waals surface area contributed by atoms with Crippen LogP contribution >= 0.6 is 0 Å². The van der Waals surface area contributed by atoms with Gasteiger partial charge in [-0.05, 0) is 25.5 Å². The van der Waals surface area contributed by atoms with Gasteiger partial charge in [-0.15, -0.1) is 0 Å². The van der Waals surface area contributed by atoms with Crippen LogP contribution in [0.15, 0.2) is 29.2 Å². The van der Waals surface area contributed by atoms with Crippen molar-refractivity contribution in [2.45, 2.75) is 26.3 Å². The van der Waals surface area contributed by atoms with E-state index in [2.05, 4.69) is 10.3 Å². The van der Waals surface area contributed by atoms with E-state index >= 15 is 0 Å². The molecule has 0 spiro atoms. The molecular formula is C13H15N3O3. The van der Waals surface area contributed by atoms with Gasteiger partial charge in [0.25, 0.3) is 11.5 Å². The number of nitrogens with one attached hydrogen (secondary N) is 1. The molecule has 0 aromatic carbocycles. The summed E-state index contributed by atoms with van der Waals surface area (Å²) in [5, 5.41) is 12.4. The van der Waals surface area contributed by atoms with Crippen molar-refractivity contribution in [1.82, 2.24) is 14.7 Å². The van der Waals surface area contributed by atoms with Crippen LogP contribution in [0, 0.1) is 0 Å². The summed E-state index contributed by atoms with van der Waals surface area (Å²) in [6, 6.07) is 4.85. The normalized spacial score (nSPS) is 12.3. The number of carbonyl (C=O) groups is 1. The molecule has 0 unspecified atom stereocenters. The highest BCUT2D eigenvalue weighted by Crippen LogP contribution is 2.11. The molecule has 2 aromatic rings. The van der Waals surface area contributed by atoms with Gasteiger partial charge in [0.2, 0.25) is 5.88 Å². The Balaban J connectivity index is 2.55. The number of fused-ring (bicyclic) bond motifs is 1. The Morgan fingerprint density at radius 1 is 1.53 bits per heavy atom. The van der Waals surface area contributed by atoms with Crippen molar-refractivity contribution in [2.24, 2.45) is 0 Å². The standard InChI is InChI=1S/C13H15N3O3/c1-3-8(2)14-11(17)10-12(18)15-9-6-4-5-7-16(9)13(10)19/h4-8,18H,3H2,1-2H3,(H,14,17)/t8-/m0/s1. The minimum absolute atomic E-state index is 0.0808. The van der Waals surface area contributed by atoms with E-state index in [-0.39, 0.29) is 11.6 Å². The van der Waals surface area contributed by atoms with E-state index in [0.29, 0.717) is 5.65 Å². The summed E-state index contributed by atoms with van der Waals surface area (Å²) in [5.74, 6) is -1.15. The summed E-state index contributed by atoms with van der Waals surface area (Å²) in [5.41, 5.74) is -0.613. The molecule has 6 nitrogen and oxygen atoms in total. The zero-order chi connectivity index (χ0) is 14.0. The van der Waals surface area contributed by atoms with Crippen LogP contribution in [-0.2, 0) is 0 Å². The van der Waals surface area contributed by atoms with Gasteiger partial charge in [-0.25, -0.2) is 0 Å². The second-order valence-electron chi connectivity index (χ2n) is 4.33. The molecule has 2 rings (SSSR count). The van der Waals surface area contributed by atoms with Crippen LogP contribution in [0.5, 0.6) is 5.88 Å². The molecule has 19 heavy (non-hydrogen) atoms. The summed E-state index contributed by atoms with van der Waals surface area (Å²) in [4.78, 5) is 28.0. The molecule has 0 aliphatic rings. The Kier molecular flexibility index (Phi) is 3.50. The molecule has 6 heteroatoms. The number of nitrogens with zero attached hydrogens (tertiary/aromatic N) is 2. The van der Waals surface area contributed by atoms with Crippen molar-refractivity contribution >= 4 is 11.6 Å². The minimum Gasteiger partial charge on any atom is -0.493 e. The smallest absolute Gasteiger partial charge is 0.274 e. The summed E-state index contributed by atoms with van der Waals surface area (Å²) >= 11 is 0. The average Bonchev–Trinajstić information content (AvgIpc) is 2.38. The van der Waals surface area contributed by atoms with Gasteiger partial charge in [-0.1, -0.05) is 13.0 Å². The minimum atomic E-state index is -0.609. The van der Waals surface area contributed by atoms with Crippen molar-refractivity contribution < 1.29 is 9.90 Å². The maximum Gasteiger partial charge on any atom is 0.274 e. The average molecular weight is 261 g/mol. The van der Waals surface area contributed by atoms with Gasteiger partial charge < -0.3 is 10.4 Å². The molecule has 2 N–H and O–H groups in total. The number of pyridine rings is 1. The predicted molar refractivity (Wildman–Crippen MR) is 70.3 cm³/mol. The fourth-order valence-electron chi connectivity index (χ4n) is 1.67. The SMILES string of the molecule is CC[C@H](C)NC(=O)c1c(O)nc2ccccn2c1=O. The first-order valence-corrected chi connectivity index (χ1v) is 6.05. The topological polar surface area (TPSA) is 83.7 Å². The third kappa shape index (κ3) is 2.42. The van der Waals surface area contributed by atoms with E-state index in [1.165, 1.54) is 10.6 Å². The molecule has 0 radical (unpaired) electrons. The van der Waals surface area contributed by atoms with Crippen molar-refractivity contribution in [3.8, 4) is 5.88 Å². The fraction of sp³-hybridized carbons (Fsp3) is 0.308. The van der Waals surface area contributed by atoms with E-state index in [1.807, 2.05) is 13.8 Å². The number of amides is 1. The van der Waals surface area contributed by atoms with Gasteiger partial charge in [0, 0.05) is 12.2 Å². The summed E-state index contributed by atoms with van der Waals surface area (Å²) in [6.07, 6.45) is 2.24. The number of carbonyl (C=O) groups excluding carboxylic acids is 1. The van der Waals surface area contributed by atoms with Crippen LogP contribution in [0.25, 0.3) is 5.65 Å². The van der Waals surface area contributed by atoms with E-state index < -0.39 is 17.3 Å². The second kappa shape index (κ2) is 5.09. The Morgan fingerprint density at radius 2 is 2.26 bits per heavy atom. The van der Waals surface area contributed by atoms with Crippen molar-refractivity contribution in [3.63, 3.8) is 0 Å². The lowest BCUT2D eigenvalue weighted by Gasteiger charge is -2.12. The largest absolute Gasteiger partial charge is 0.493 e. The van der Waals surface area contributed by atoms with Gasteiger partial charge in [0.05, 0.1) is 0 Å². The van der Waals surface area contributed by atoms with Gasteiger partial charge >= 0.3 is 0 Å². The van der Waals surface area contributed by atoms with Crippen LogP contribution in [0.1, 0.15) is 30.6 Å². The molecule has 0 bridgehead atoms. The first kappa shape index (κ1) is 13.1. The molecule has 100 valence electrons. The van der Waals surface area contributed by atoms with Gasteiger partial charge in [-0.3, -0.25) is 14.0 Å². The Bertz CT molecular complexity index is 678. The number of rotatable bonds is 3. The second-order valence-corrected chi connectivity index (χ2v) is 4.33. The lowest BCUT2D eigenvalue weighted by atomic mass is 10.2. The van der Waals surface area contributed by atoms with Crippen molar-refractivity contribution in [2.75, 3.05) is 0 Å². The zero-order valence-corrected chi connectivity index (χ0v) is 10.8. The molecule has 0 fully saturated rings. The summed E-state index contributed by atoms with van der Waals surface area (Å²) < 4.78 is 1.23. The maximum absolute atomic E-state index is 12.2. The number of aromatic hydroxyl groups is 1. The predicted octanol–water partition coefficient (Wildman–Crippen LogP) is 0.928. The highest BCUT2D eigenvalue weighted by molar-refractivity contribution is 5.96. The lowest BCUT2D eigenvalue weighted by Crippen LogP contribution is -2.36. The first-order valence-electron chi connectivity index (χ1n) is 6.05. The third-order valence-corrected chi connectivity index (χ3v) is 2.93. The molecule has 0 aliphatic carbocycles. The van der Waals surface area contributed by atoms with E-state index in [9.17, 15) is 14.7 Å². The van der Waals surface area contributed by atoms with Crippen LogP contribution in [-0.4, -0.2) is 26.4 Å². The zero-order valence-electron chi connectivity index (χ0n) is 10.8. The Hall–Kier alpha value is -2.37. The van der Waals surface area contributed by atoms with Crippen LogP contribution < -0.4 is 10.9 Å².